The number of halogens is 3. The van der Waals surface area contributed by atoms with Gasteiger partial charge < -0.3 is 25.4 Å². The summed E-state index contributed by atoms with van der Waals surface area (Å²) >= 11 is 5.70. The maximum Gasteiger partial charge on any atom is 0.417 e. The van der Waals surface area contributed by atoms with E-state index in [1.165, 1.54) is 6.07 Å². The Morgan fingerprint density at radius 3 is 2.51 bits per heavy atom. The molecule has 18 heteroatoms. The van der Waals surface area contributed by atoms with Crippen molar-refractivity contribution < 1.29 is 42.2 Å². The van der Waals surface area contributed by atoms with Crippen molar-refractivity contribution in [2.75, 3.05) is 66.4 Å². The van der Waals surface area contributed by atoms with Crippen LogP contribution in [0.4, 0.5) is 35.9 Å². The number of amides is 4. The zero-order valence-corrected chi connectivity index (χ0v) is 33.6. The summed E-state index contributed by atoms with van der Waals surface area (Å²) in [5.74, 6) is -0.849. The number of hydrogen-bond donors (Lipinski definition) is 4. The minimum Gasteiger partial charge on any atom is -0.492 e. The van der Waals surface area contributed by atoms with Crippen LogP contribution in [0, 0.1) is 11.3 Å². The average Bonchev–Trinajstić information content (AvgIpc) is 3.37. The second-order valence-corrected chi connectivity index (χ2v) is 15.4. The van der Waals surface area contributed by atoms with Crippen molar-refractivity contribution in [1.29, 1.82) is 5.26 Å². The molecule has 312 valence electrons. The van der Waals surface area contributed by atoms with Crippen LogP contribution in [0.2, 0.25) is 0 Å². The van der Waals surface area contributed by atoms with Crippen LogP contribution >= 0.6 is 12.2 Å². The largest absolute Gasteiger partial charge is 0.492 e. The SMILES string of the molecule is CCc1cc(N2C(=S)N(c3ccc(C#N)c(C(F)(F)F)c3)C(=O)C2(C)C)ccc1OCCN1CCN(CC(=O)Nc2cccc(NC3CCC(=O)NC3=O)c2)[C@@H](CO)C1. The number of piperidine rings is 1. The molecule has 3 aliphatic rings. The maximum absolute atomic E-state index is 13.8. The van der Waals surface area contributed by atoms with Gasteiger partial charge in [-0.05, 0) is 99.1 Å². The van der Waals surface area contributed by atoms with Gasteiger partial charge in [-0.25, -0.2) is 0 Å². The molecule has 4 amide bonds. The number of aryl methyl sites for hydroxylation is 1. The molecule has 59 heavy (non-hydrogen) atoms. The van der Waals surface area contributed by atoms with Gasteiger partial charge in [0.25, 0.3) is 5.91 Å². The van der Waals surface area contributed by atoms with E-state index in [2.05, 4.69) is 20.9 Å². The van der Waals surface area contributed by atoms with Gasteiger partial charge in [-0.15, -0.1) is 0 Å². The van der Waals surface area contributed by atoms with E-state index in [0.29, 0.717) is 68.4 Å². The number of thiocarbonyl (C=S) groups is 1. The molecule has 3 saturated heterocycles. The Labute approximate surface area is 344 Å². The van der Waals surface area contributed by atoms with E-state index in [4.69, 9.17) is 17.0 Å². The fraction of sp³-hybridized carbons (Fsp3) is 0.415. The van der Waals surface area contributed by atoms with E-state index in [-0.39, 0.29) is 48.2 Å². The number of imide groups is 1. The number of anilines is 4. The van der Waals surface area contributed by atoms with Gasteiger partial charge in [-0.3, -0.25) is 39.2 Å². The highest BCUT2D eigenvalue weighted by atomic mass is 32.1. The van der Waals surface area contributed by atoms with Crippen LogP contribution < -0.4 is 30.5 Å². The van der Waals surface area contributed by atoms with Gasteiger partial charge in [0.05, 0.1) is 36.0 Å². The Hall–Kier alpha value is -5.61. The van der Waals surface area contributed by atoms with E-state index >= 15 is 0 Å². The first-order chi connectivity index (χ1) is 28.0. The maximum atomic E-state index is 13.8. The summed E-state index contributed by atoms with van der Waals surface area (Å²) in [5.41, 5.74) is -0.495. The van der Waals surface area contributed by atoms with E-state index in [9.17, 15) is 42.7 Å². The number of rotatable bonds is 13. The first-order valence-electron chi connectivity index (χ1n) is 19.2. The quantitative estimate of drug-likeness (QED) is 0.143. The molecule has 14 nitrogen and oxygen atoms in total. The summed E-state index contributed by atoms with van der Waals surface area (Å²) in [5, 5.41) is 27.8. The fourth-order valence-electron chi connectivity index (χ4n) is 7.51. The lowest BCUT2D eigenvalue weighted by Gasteiger charge is -2.40. The van der Waals surface area contributed by atoms with Crippen molar-refractivity contribution in [3.8, 4) is 11.8 Å². The number of alkyl halides is 3. The first-order valence-corrected chi connectivity index (χ1v) is 19.6. The lowest BCUT2D eigenvalue weighted by Crippen LogP contribution is -2.56. The van der Waals surface area contributed by atoms with Crippen LogP contribution in [-0.4, -0.2) is 107 Å². The van der Waals surface area contributed by atoms with Crippen LogP contribution in [-0.2, 0) is 31.8 Å². The van der Waals surface area contributed by atoms with Crippen LogP contribution in [0.5, 0.6) is 5.75 Å². The van der Waals surface area contributed by atoms with E-state index in [0.717, 1.165) is 22.6 Å². The van der Waals surface area contributed by atoms with Gasteiger partial charge in [-0.2, -0.15) is 18.4 Å². The number of aliphatic hydroxyl groups is 1. The van der Waals surface area contributed by atoms with E-state index in [1.54, 1.807) is 61.2 Å². The van der Waals surface area contributed by atoms with Gasteiger partial charge in [0, 0.05) is 55.7 Å². The Kier molecular flexibility index (Phi) is 12.9. The standard InChI is InChI=1S/C41H45F3N8O6S/c1-4-25-18-30(52-39(59)51(38(57)40(52,2)3)29-9-8-26(21-45)32(20-29)41(42,43)44)10-12-34(25)58-17-16-49-14-15-50(31(22-49)24-53)23-36(55)47-28-7-5-6-27(19-28)46-33-11-13-35(54)48-37(33)56/h5-10,12,18-20,31,33,46,53H,4,11,13-17,22-24H2,1-3H3,(H,47,55)(H,48,54,56)/t31-,33?/m1/s1. The van der Waals surface area contributed by atoms with Gasteiger partial charge >= 0.3 is 6.18 Å². The molecule has 4 N–H and O–H groups in total. The summed E-state index contributed by atoms with van der Waals surface area (Å²) in [7, 11) is 0. The number of benzene rings is 3. The van der Waals surface area contributed by atoms with E-state index < -0.39 is 40.7 Å². The topological polar surface area (TPSA) is 171 Å². The highest BCUT2D eigenvalue weighted by Gasteiger charge is 2.51. The van der Waals surface area contributed by atoms with Gasteiger partial charge in [-0.1, -0.05) is 13.0 Å². The summed E-state index contributed by atoms with van der Waals surface area (Å²) in [6.45, 7) is 7.69. The Bertz CT molecular complexity index is 2180. The van der Waals surface area contributed by atoms with Crippen molar-refractivity contribution in [3.05, 3.63) is 77.4 Å². The Balaban J connectivity index is 1.03. The summed E-state index contributed by atoms with van der Waals surface area (Å²) in [6.07, 6.45) is -3.62. The molecular weight excluding hydrogens is 790 g/mol. The zero-order valence-electron chi connectivity index (χ0n) is 32.8. The molecule has 0 saturated carbocycles. The number of piperazine rings is 1. The van der Waals surface area contributed by atoms with E-state index in [1.807, 2.05) is 17.9 Å². The highest BCUT2D eigenvalue weighted by molar-refractivity contribution is 7.81. The third-order valence-electron chi connectivity index (χ3n) is 10.7. The second-order valence-electron chi connectivity index (χ2n) is 15.0. The number of carbonyl (C=O) groups is 4. The van der Waals surface area contributed by atoms with Crippen molar-refractivity contribution in [3.63, 3.8) is 0 Å². The highest BCUT2D eigenvalue weighted by Crippen LogP contribution is 2.40. The van der Waals surface area contributed by atoms with Crippen LogP contribution in [0.1, 0.15) is 50.3 Å². The zero-order chi connectivity index (χ0) is 42.6. The fourth-order valence-corrected chi connectivity index (χ4v) is 8.03. The predicted molar refractivity (Wildman–Crippen MR) is 218 cm³/mol. The average molecular weight is 835 g/mol. The molecule has 3 aromatic carbocycles. The summed E-state index contributed by atoms with van der Waals surface area (Å²) < 4.78 is 47.5. The van der Waals surface area contributed by atoms with Crippen LogP contribution in [0.3, 0.4) is 0 Å². The Morgan fingerprint density at radius 1 is 1.07 bits per heavy atom. The van der Waals surface area contributed by atoms with Crippen molar-refractivity contribution in [2.24, 2.45) is 0 Å². The number of ether oxygens (including phenoxy) is 1. The molecule has 2 atom stereocenters. The summed E-state index contributed by atoms with van der Waals surface area (Å²) in [6, 6.07) is 16.1. The molecule has 6 rings (SSSR count). The second kappa shape index (κ2) is 17.7. The van der Waals surface area contributed by atoms with Crippen LogP contribution in [0.25, 0.3) is 0 Å². The monoisotopic (exact) mass is 834 g/mol. The molecule has 3 heterocycles. The normalized spacial score (nSPS) is 20.0. The molecule has 0 spiro atoms. The smallest absolute Gasteiger partial charge is 0.417 e. The minimum atomic E-state index is -4.81. The summed E-state index contributed by atoms with van der Waals surface area (Å²) in [4.78, 5) is 57.1. The molecule has 3 aromatic rings. The molecular formula is C41H45F3N8O6S. The number of nitrogens with one attached hydrogen (secondary N) is 3. The van der Waals surface area contributed by atoms with Gasteiger partial charge in [0.2, 0.25) is 17.7 Å². The van der Waals surface area contributed by atoms with Crippen molar-refractivity contribution in [2.45, 2.75) is 63.8 Å². The number of aliphatic hydroxyl groups excluding tert-OH is 1. The van der Waals surface area contributed by atoms with Gasteiger partial charge in [0.15, 0.2) is 5.11 Å². The minimum absolute atomic E-state index is 0.00264. The van der Waals surface area contributed by atoms with Crippen molar-refractivity contribution in [1.82, 2.24) is 15.1 Å². The lowest BCUT2D eigenvalue weighted by atomic mass is 10.0. The van der Waals surface area contributed by atoms with Gasteiger partial charge in [0.1, 0.15) is 23.9 Å². The number of nitrogens with zero attached hydrogens (tertiary/aromatic N) is 5. The number of nitriles is 1. The lowest BCUT2D eigenvalue weighted by molar-refractivity contribution is -0.138. The number of hydrogen-bond acceptors (Lipinski definition) is 11. The van der Waals surface area contributed by atoms with Crippen LogP contribution in [0.15, 0.2) is 60.7 Å². The Morgan fingerprint density at radius 2 is 1.81 bits per heavy atom. The van der Waals surface area contributed by atoms with Crippen molar-refractivity contribution >= 4 is 63.7 Å². The third kappa shape index (κ3) is 9.49. The molecule has 1 unspecified atom stereocenters. The third-order valence-corrected chi connectivity index (χ3v) is 11.0. The molecule has 3 aliphatic heterocycles. The number of carbonyl (C=O) groups excluding carboxylic acids is 4. The molecule has 0 aliphatic carbocycles. The molecule has 0 aromatic heterocycles. The molecule has 0 bridgehead atoms. The predicted octanol–water partition coefficient (Wildman–Crippen LogP) is 4.27. The molecule has 3 fully saturated rings. The molecule has 0 radical (unpaired) electrons. The first kappa shape index (κ1) is 43.0.